The van der Waals surface area contributed by atoms with E-state index in [2.05, 4.69) is 4.74 Å². The van der Waals surface area contributed by atoms with E-state index in [4.69, 9.17) is 4.74 Å². The maximum absolute atomic E-state index is 11.6. The number of carbonyl (C=O) groups excluding carboxylic acids is 1. The molecule has 7 heteroatoms. The molecule has 1 aliphatic carbocycles. The highest BCUT2D eigenvalue weighted by molar-refractivity contribution is 7.87. The SMILES string of the molecule is O=C1OCC(CCC2(S(=O)(=O)O)CCCCC2)O1. The zero-order chi connectivity index (χ0) is 13.2. The molecule has 0 aromatic carbocycles. The molecule has 104 valence electrons. The summed E-state index contributed by atoms with van der Waals surface area (Å²) in [5.74, 6) is 0. The van der Waals surface area contributed by atoms with Crippen LogP contribution in [0.1, 0.15) is 44.9 Å². The topological polar surface area (TPSA) is 89.9 Å². The first-order valence-corrected chi connectivity index (χ1v) is 7.67. The molecule has 0 bridgehead atoms. The number of hydrogen-bond acceptors (Lipinski definition) is 5. The van der Waals surface area contributed by atoms with Gasteiger partial charge in [-0.25, -0.2) is 4.79 Å². The largest absolute Gasteiger partial charge is 0.508 e. The van der Waals surface area contributed by atoms with E-state index in [1.54, 1.807) is 0 Å². The molecule has 2 fully saturated rings. The molecule has 1 aliphatic heterocycles. The highest BCUT2D eigenvalue weighted by Gasteiger charge is 2.44. The van der Waals surface area contributed by atoms with E-state index in [1.807, 2.05) is 0 Å². The summed E-state index contributed by atoms with van der Waals surface area (Å²) in [6.07, 6.45) is 3.20. The van der Waals surface area contributed by atoms with Crippen LogP contribution in [0.3, 0.4) is 0 Å². The van der Waals surface area contributed by atoms with Gasteiger partial charge in [-0.05, 0) is 25.7 Å². The Hall–Kier alpha value is -0.820. The second kappa shape index (κ2) is 5.05. The fraction of sp³-hybridized carbons (Fsp3) is 0.909. The Morgan fingerprint density at radius 2 is 1.94 bits per heavy atom. The normalized spacial score (nSPS) is 27.6. The third-order valence-corrected chi connectivity index (χ3v) is 5.59. The van der Waals surface area contributed by atoms with Gasteiger partial charge >= 0.3 is 6.16 Å². The summed E-state index contributed by atoms with van der Waals surface area (Å²) in [5, 5.41) is 0. The van der Waals surface area contributed by atoms with Crippen molar-refractivity contribution in [2.45, 2.75) is 55.8 Å². The summed E-state index contributed by atoms with van der Waals surface area (Å²) < 4.78 is 41.1. The van der Waals surface area contributed by atoms with Crippen molar-refractivity contribution >= 4 is 16.3 Å². The van der Waals surface area contributed by atoms with Crippen molar-refractivity contribution in [1.29, 1.82) is 0 Å². The summed E-state index contributed by atoms with van der Waals surface area (Å²) in [5.41, 5.74) is 0. The van der Waals surface area contributed by atoms with E-state index >= 15 is 0 Å². The van der Waals surface area contributed by atoms with E-state index in [0.717, 1.165) is 19.3 Å². The molecule has 0 radical (unpaired) electrons. The van der Waals surface area contributed by atoms with Crippen LogP contribution < -0.4 is 0 Å². The van der Waals surface area contributed by atoms with Crippen LogP contribution >= 0.6 is 0 Å². The third kappa shape index (κ3) is 2.77. The highest BCUT2D eigenvalue weighted by atomic mass is 32.2. The lowest BCUT2D eigenvalue weighted by Gasteiger charge is -2.34. The Morgan fingerprint density at radius 3 is 2.44 bits per heavy atom. The number of ether oxygens (including phenoxy) is 2. The van der Waals surface area contributed by atoms with Gasteiger partial charge in [0.2, 0.25) is 0 Å². The molecule has 2 rings (SSSR count). The van der Waals surface area contributed by atoms with Gasteiger partial charge in [0, 0.05) is 0 Å². The van der Waals surface area contributed by atoms with Crippen molar-refractivity contribution in [2.75, 3.05) is 6.61 Å². The quantitative estimate of drug-likeness (QED) is 0.624. The molecule has 2 aliphatic rings. The number of rotatable bonds is 4. The van der Waals surface area contributed by atoms with Gasteiger partial charge in [0.15, 0.2) is 0 Å². The Kier molecular flexibility index (Phi) is 3.82. The van der Waals surface area contributed by atoms with E-state index in [0.29, 0.717) is 25.7 Å². The zero-order valence-electron chi connectivity index (χ0n) is 10.1. The summed E-state index contributed by atoms with van der Waals surface area (Å²) >= 11 is 0. The lowest BCUT2D eigenvalue weighted by Crippen LogP contribution is -2.41. The number of cyclic esters (lactones) is 2. The third-order valence-electron chi connectivity index (χ3n) is 3.88. The van der Waals surface area contributed by atoms with Crippen molar-refractivity contribution < 1.29 is 27.2 Å². The highest BCUT2D eigenvalue weighted by Crippen LogP contribution is 2.39. The Labute approximate surface area is 106 Å². The second-order valence-electron chi connectivity index (χ2n) is 5.06. The first-order valence-electron chi connectivity index (χ1n) is 6.23. The maximum atomic E-state index is 11.6. The molecule has 1 saturated heterocycles. The minimum Gasteiger partial charge on any atom is -0.430 e. The first-order chi connectivity index (χ1) is 8.43. The molecule has 0 spiro atoms. The van der Waals surface area contributed by atoms with Crippen LogP contribution in [0.25, 0.3) is 0 Å². The summed E-state index contributed by atoms with van der Waals surface area (Å²) in [7, 11) is -4.07. The van der Waals surface area contributed by atoms with Crippen LogP contribution in [0, 0.1) is 0 Å². The van der Waals surface area contributed by atoms with Crippen LogP contribution in [0.4, 0.5) is 4.79 Å². The van der Waals surface area contributed by atoms with Crippen LogP contribution in [0.5, 0.6) is 0 Å². The molecule has 1 saturated carbocycles. The van der Waals surface area contributed by atoms with Crippen molar-refractivity contribution in [3.05, 3.63) is 0 Å². The lowest BCUT2D eigenvalue weighted by atomic mass is 9.84. The average Bonchev–Trinajstić information content (AvgIpc) is 2.72. The summed E-state index contributed by atoms with van der Waals surface area (Å²) in [6, 6.07) is 0. The smallest absolute Gasteiger partial charge is 0.430 e. The predicted octanol–water partition coefficient (Wildman–Crippen LogP) is 1.89. The summed E-state index contributed by atoms with van der Waals surface area (Å²) in [6.45, 7) is 0.167. The molecular formula is C11H18O6S. The molecule has 0 aromatic rings. The Morgan fingerprint density at radius 1 is 1.28 bits per heavy atom. The van der Waals surface area contributed by atoms with Gasteiger partial charge in [0.25, 0.3) is 10.1 Å². The molecule has 1 N–H and O–H groups in total. The summed E-state index contributed by atoms with van der Waals surface area (Å²) in [4.78, 5) is 10.8. The van der Waals surface area contributed by atoms with E-state index < -0.39 is 27.1 Å². The van der Waals surface area contributed by atoms with Gasteiger partial charge in [-0.15, -0.1) is 0 Å². The number of carbonyl (C=O) groups is 1. The first kappa shape index (κ1) is 13.6. The fourth-order valence-corrected chi connectivity index (χ4v) is 3.94. The van der Waals surface area contributed by atoms with Crippen LogP contribution in [-0.4, -0.2) is 36.6 Å². The molecule has 6 nitrogen and oxygen atoms in total. The minimum atomic E-state index is -4.07. The molecule has 0 amide bonds. The monoisotopic (exact) mass is 278 g/mol. The average molecular weight is 278 g/mol. The molecule has 1 unspecified atom stereocenters. The molecule has 1 atom stereocenters. The van der Waals surface area contributed by atoms with Gasteiger partial charge in [0.1, 0.15) is 12.7 Å². The van der Waals surface area contributed by atoms with Crippen molar-refractivity contribution in [1.82, 2.24) is 0 Å². The predicted molar refractivity (Wildman–Crippen MR) is 62.8 cm³/mol. The fourth-order valence-electron chi connectivity index (χ4n) is 2.76. The molecular weight excluding hydrogens is 260 g/mol. The van der Waals surface area contributed by atoms with E-state index in [9.17, 15) is 17.8 Å². The van der Waals surface area contributed by atoms with Gasteiger partial charge in [-0.2, -0.15) is 8.42 Å². The second-order valence-corrected chi connectivity index (χ2v) is 6.87. The lowest BCUT2D eigenvalue weighted by molar-refractivity contribution is 0.113. The van der Waals surface area contributed by atoms with Gasteiger partial charge in [0.05, 0.1) is 4.75 Å². The number of hydrogen-bond donors (Lipinski definition) is 1. The molecule has 1 heterocycles. The Balaban J connectivity index is 2.00. The Bertz CT molecular complexity index is 409. The van der Waals surface area contributed by atoms with Crippen molar-refractivity contribution in [2.24, 2.45) is 0 Å². The zero-order valence-corrected chi connectivity index (χ0v) is 10.9. The molecule has 0 aromatic heterocycles. The minimum absolute atomic E-state index is 0.167. The van der Waals surface area contributed by atoms with E-state index in [1.165, 1.54) is 0 Å². The van der Waals surface area contributed by atoms with Crippen LogP contribution in [-0.2, 0) is 19.6 Å². The van der Waals surface area contributed by atoms with Crippen LogP contribution in [0.2, 0.25) is 0 Å². The van der Waals surface area contributed by atoms with Gasteiger partial charge in [-0.1, -0.05) is 19.3 Å². The van der Waals surface area contributed by atoms with Gasteiger partial charge in [-0.3, -0.25) is 4.55 Å². The van der Waals surface area contributed by atoms with Crippen molar-refractivity contribution in [3.63, 3.8) is 0 Å². The van der Waals surface area contributed by atoms with Crippen molar-refractivity contribution in [3.8, 4) is 0 Å². The van der Waals surface area contributed by atoms with E-state index in [-0.39, 0.29) is 6.61 Å². The van der Waals surface area contributed by atoms with Gasteiger partial charge < -0.3 is 9.47 Å². The molecule has 18 heavy (non-hydrogen) atoms. The van der Waals surface area contributed by atoms with Crippen LogP contribution in [0.15, 0.2) is 0 Å². The maximum Gasteiger partial charge on any atom is 0.508 e. The standard InChI is InChI=1S/C11H18O6S/c12-10-16-8-9(17-10)4-7-11(18(13,14)15)5-2-1-3-6-11/h9H,1-8H2,(H,13,14,15).